The molecule has 1 aliphatic rings. The lowest BCUT2D eigenvalue weighted by Crippen LogP contribution is -2.61. The molecule has 0 saturated carbocycles. The number of carbonyl (C=O) groups is 2. The normalized spacial score (nSPS) is 19.3. The summed E-state index contributed by atoms with van der Waals surface area (Å²) in [5, 5.41) is 12.8. The van der Waals surface area contributed by atoms with Crippen LogP contribution in [-0.4, -0.2) is 46.7 Å². The summed E-state index contributed by atoms with van der Waals surface area (Å²) >= 11 is 0. The number of carboxylic acid groups (broad SMARTS) is 1. The molecule has 0 spiro atoms. The van der Waals surface area contributed by atoms with E-state index in [0.717, 1.165) is 18.5 Å². The van der Waals surface area contributed by atoms with E-state index in [1.807, 2.05) is 30.3 Å². The predicted molar refractivity (Wildman–Crippen MR) is 86.1 cm³/mol. The second-order valence-corrected chi connectivity index (χ2v) is 6.02. The third-order valence-corrected chi connectivity index (χ3v) is 4.50. The molecule has 1 heterocycles. The Morgan fingerprint density at radius 2 is 2.04 bits per heavy atom. The number of aliphatic carboxylic acids is 1. The maximum Gasteiger partial charge on any atom is 0.411 e. The number of hydrogen-bond donors (Lipinski definition) is 2. The standard InChI is InChI=1S/C17H24N2O4/c1-3-17(2,15(20)21)19(11-14-9-10-18-14)16(22)23-12-13-7-5-4-6-8-13/h4-8,14,18H,3,9-12H2,1-2H3,(H,20,21). The maximum atomic E-state index is 12.5. The van der Waals surface area contributed by atoms with Crippen LogP contribution in [0.4, 0.5) is 4.79 Å². The molecule has 2 unspecified atom stereocenters. The first-order valence-corrected chi connectivity index (χ1v) is 7.92. The van der Waals surface area contributed by atoms with Crippen molar-refractivity contribution in [3.63, 3.8) is 0 Å². The quantitative estimate of drug-likeness (QED) is 0.805. The Morgan fingerprint density at radius 1 is 1.39 bits per heavy atom. The summed E-state index contributed by atoms with van der Waals surface area (Å²) in [4.78, 5) is 25.5. The monoisotopic (exact) mass is 320 g/mol. The smallest absolute Gasteiger partial charge is 0.411 e. The van der Waals surface area contributed by atoms with Crippen LogP contribution in [-0.2, 0) is 16.1 Å². The van der Waals surface area contributed by atoms with Gasteiger partial charge in [-0.15, -0.1) is 0 Å². The topological polar surface area (TPSA) is 78.9 Å². The van der Waals surface area contributed by atoms with Gasteiger partial charge in [-0.3, -0.25) is 4.90 Å². The number of carboxylic acids is 1. The zero-order valence-corrected chi connectivity index (χ0v) is 13.6. The molecule has 1 aromatic rings. The van der Waals surface area contributed by atoms with Crippen LogP contribution in [0, 0.1) is 0 Å². The molecular formula is C17H24N2O4. The van der Waals surface area contributed by atoms with E-state index in [9.17, 15) is 14.7 Å². The first kappa shape index (κ1) is 17.3. The summed E-state index contributed by atoms with van der Waals surface area (Å²) in [6.45, 7) is 4.70. The fourth-order valence-corrected chi connectivity index (χ4v) is 2.46. The second-order valence-electron chi connectivity index (χ2n) is 6.02. The minimum Gasteiger partial charge on any atom is -0.480 e. The summed E-state index contributed by atoms with van der Waals surface area (Å²) in [5.74, 6) is -1.02. The van der Waals surface area contributed by atoms with Crippen LogP contribution in [0.5, 0.6) is 0 Å². The third kappa shape index (κ3) is 4.01. The lowest BCUT2D eigenvalue weighted by molar-refractivity contribution is -0.150. The van der Waals surface area contributed by atoms with Gasteiger partial charge in [-0.05, 0) is 31.9 Å². The molecule has 6 nitrogen and oxygen atoms in total. The van der Waals surface area contributed by atoms with Gasteiger partial charge in [0.05, 0.1) is 0 Å². The number of amides is 1. The van der Waals surface area contributed by atoms with E-state index in [1.54, 1.807) is 13.8 Å². The average molecular weight is 320 g/mol. The van der Waals surface area contributed by atoms with Gasteiger partial charge < -0.3 is 15.2 Å². The van der Waals surface area contributed by atoms with Crippen LogP contribution < -0.4 is 5.32 Å². The first-order valence-electron chi connectivity index (χ1n) is 7.92. The molecule has 1 aromatic carbocycles. The number of nitrogens with one attached hydrogen (secondary N) is 1. The van der Waals surface area contributed by atoms with E-state index in [4.69, 9.17) is 4.74 Å². The molecule has 0 radical (unpaired) electrons. The minimum atomic E-state index is -1.27. The van der Waals surface area contributed by atoms with Crippen molar-refractivity contribution in [3.8, 4) is 0 Å². The number of nitrogens with zero attached hydrogens (tertiary/aromatic N) is 1. The van der Waals surface area contributed by atoms with Gasteiger partial charge in [0.2, 0.25) is 0 Å². The van der Waals surface area contributed by atoms with Crippen LogP contribution >= 0.6 is 0 Å². The Labute approximate surface area is 136 Å². The highest BCUT2D eigenvalue weighted by atomic mass is 16.6. The molecule has 2 rings (SSSR count). The van der Waals surface area contributed by atoms with Crippen molar-refractivity contribution in [2.75, 3.05) is 13.1 Å². The Bertz CT molecular complexity index is 545. The van der Waals surface area contributed by atoms with Gasteiger partial charge in [0, 0.05) is 12.6 Å². The zero-order chi connectivity index (χ0) is 16.9. The molecule has 0 aromatic heterocycles. The van der Waals surface area contributed by atoms with Gasteiger partial charge in [-0.2, -0.15) is 0 Å². The third-order valence-electron chi connectivity index (χ3n) is 4.50. The maximum absolute atomic E-state index is 12.5. The molecule has 126 valence electrons. The molecule has 1 amide bonds. The number of hydrogen-bond acceptors (Lipinski definition) is 4. The lowest BCUT2D eigenvalue weighted by Gasteiger charge is -2.41. The molecule has 6 heteroatoms. The Hall–Kier alpha value is -2.08. The van der Waals surface area contributed by atoms with E-state index < -0.39 is 17.6 Å². The van der Waals surface area contributed by atoms with Crippen molar-refractivity contribution in [1.29, 1.82) is 0 Å². The van der Waals surface area contributed by atoms with Crippen LogP contribution in [0.15, 0.2) is 30.3 Å². The molecule has 23 heavy (non-hydrogen) atoms. The fraction of sp³-hybridized carbons (Fsp3) is 0.529. The van der Waals surface area contributed by atoms with Crippen LogP contribution in [0.1, 0.15) is 32.3 Å². The summed E-state index contributed by atoms with van der Waals surface area (Å²) in [7, 11) is 0. The minimum absolute atomic E-state index is 0.129. The van der Waals surface area contributed by atoms with Gasteiger partial charge in [0.1, 0.15) is 12.1 Å². The summed E-state index contributed by atoms with van der Waals surface area (Å²) in [6.07, 6.45) is 0.659. The highest BCUT2D eigenvalue weighted by Gasteiger charge is 2.43. The van der Waals surface area contributed by atoms with Crippen LogP contribution in [0.3, 0.4) is 0 Å². The average Bonchev–Trinajstić information content (AvgIpc) is 2.51. The highest BCUT2D eigenvalue weighted by Crippen LogP contribution is 2.23. The van der Waals surface area contributed by atoms with Crippen molar-refractivity contribution in [3.05, 3.63) is 35.9 Å². The van der Waals surface area contributed by atoms with Gasteiger partial charge in [0.25, 0.3) is 0 Å². The number of benzene rings is 1. The Balaban J connectivity index is 2.08. The number of ether oxygens (including phenoxy) is 1. The van der Waals surface area contributed by atoms with Gasteiger partial charge in [0.15, 0.2) is 0 Å². The van der Waals surface area contributed by atoms with E-state index >= 15 is 0 Å². The van der Waals surface area contributed by atoms with Gasteiger partial charge in [-0.25, -0.2) is 9.59 Å². The van der Waals surface area contributed by atoms with E-state index in [-0.39, 0.29) is 12.6 Å². The molecule has 0 aliphatic carbocycles. The van der Waals surface area contributed by atoms with Crippen molar-refractivity contribution < 1.29 is 19.4 Å². The Morgan fingerprint density at radius 3 is 2.52 bits per heavy atom. The predicted octanol–water partition coefficient (Wildman–Crippen LogP) is 2.24. The van der Waals surface area contributed by atoms with Crippen LogP contribution in [0.25, 0.3) is 0 Å². The summed E-state index contributed by atoms with van der Waals surface area (Å²) in [6, 6.07) is 9.48. The van der Waals surface area contributed by atoms with Gasteiger partial charge >= 0.3 is 12.1 Å². The van der Waals surface area contributed by atoms with E-state index in [2.05, 4.69) is 5.32 Å². The summed E-state index contributed by atoms with van der Waals surface area (Å²) < 4.78 is 5.35. The van der Waals surface area contributed by atoms with Crippen molar-refractivity contribution >= 4 is 12.1 Å². The van der Waals surface area contributed by atoms with Crippen molar-refractivity contribution in [2.45, 2.75) is 44.9 Å². The summed E-state index contributed by atoms with van der Waals surface area (Å²) in [5.41, 5.74) is -0.401. The zero-order valence-electron chi connectivity index (χ0n) is 13.6. The number of carbonyl (C=O) groups excluding carboxylic acids is 1. The van der Waals surface area contributed by atoms with Crippen molar-refractivity contribution in [2.24, 2.45) is 0 Å². The molecule has 2 N–H and O–H groups in total. The largest absolute Gasteiger partial charge is 0.480 e. The van der Waals surface area contributed by atoms with E-state index in [0.29, 0.717) is 13.0 Å². The highest BCUT2D eigenvalue weighted by molar-refractivity contribution is 5.84. The second kappa shape index (κ2) is 7.46. The molecule has 1 aliphatic heterocycles. The SMILES string of the molecule is CCC(C)(C(=O)O)N(CC1CCN1)C(=O)OCc1ccccc1. The van der Waals surface area contributed by atoms with Crippen molar-refractivity contribution in [1.82, 2.24) is 10.2 Å². The number of rotatable bonds is 7. The van der Waals surface area contributed by atoms with Crippen LogP contribution in [0.2, 0.25) is 0 Å². The lowest BCUT2D eigenvalue weighted by atomic mass is 9.95. The molecular weight excluding hydrogens is 296 g/mol. The Kier molecular flexibility index (Phi) is 5.60. The fourth-order valence-electron chi connectivity index (χ4n) is 2.46. The molecule has 1 saturated heterocycles. The molecule has 1 fully saturated rings. The first-order chi connectivity index (χ1) is 11.0. The van der Waals surface area contributed by atoms with E-state index in [1.165, 1.54) is 4.90 Å². The van der Waals surface area contributed by atoms with Gasteiger partial charge in [-0.1, -0.05) is 37.3 Å². The molecule has 2 atom stereocenters. The molecule has 0 bridgehead atoms.